The zero-order valence-corrected chi connectivity index (χ0v) is 7.71. The van der Waals surface area contributed by atoms with Gasteiger partial charge in [-0.15, -0.1) is 0 Å². The molecular weight excluding hydrogens is 182 g/mol. The summed E-state index contributed by atoms with van der Waals surface area (Å²) in [7, 11) is -4.49. The number of amides is 1. The lowest BCUT2D eigenvalue weighted by atomic mass is 10.2. The molecule has 0 atom stereocenters. The van der Waals surface area contributed by atoms with Gasteiger partial charge in [-0.3, -0.25) is 9.35 Å². The highest BCUT2D eigenvalue weighted by atomic mass is 32.2. The molecule has 0 aliphatic carbocycles. The summed E-state index contributed by atoms with van der Waals surface area (Å²) in [6, 6.07) is 0. The van der Waals surface area contributed by atoms with E-state index in [1.165, 1.54) is 13.8 Å². The molecule has 0 radical (unpaired) electrons. The average Bonchev–Trinajstić information content (AvgIpc) is 1.85. The normalized spacial score (nSPS) is 11.3. The number of carbonyl (C=O) groups is 1. The van der Waals surface area contributed by atoms with Crippen molar-refractivity contribution in [3.05, 3.63) is 12.8 Å². The quantitative estimate of drug-likeness (QED) is 0.659. The molecule has 1 N–H and O–H groups in total. The van der Waals surface area contributed by atoms with Gasteiger partial charge in [-0.25, -0.2) is 0 Å². The van der Waals surface area contributed by atoms with Crippen LogP contribution in [0.1, 0.15) is 13.8 Å². The third kappa shape index (κ3) is 2.63. The second kappa shape index (κ2) is 3.68. The summed E-state index contributed by atoms with van der Waals surface area (Å²) < 4.78 is 29.7. The van der Waals surface area contributed by atoms with Gasteiger partial charge in [-0.05, 0) is 0 Å². The molecule has 0 fully saturated rings. The van der Waals surface area contributed by atoms with Crippen molar-refractivity contribution in [1.82, 2.24) is 4.31 Å². The van der Waals surface area contributed by atoms with Gasteiger partial charge < -0.3 is 0 Å². The van der Waals surface area contributed by atoms with Crippen LogP contribution in [0.2, 0.25) is 0 Å². The van der Waals surface area contributed by atoms with Crippen molar-refractivity contribution in [3.8, 4) is 0 Å². The molecule has 0 saturated carbocycles. The van der Waals surface area contributed by atoms with E-state index in [4.69, 9.17) is 4.55 Å². The third-order valence-corrected chi connectivity index (χ3v) is 1.95. The van der Waals surface area contributed by atoms with Crippen LogP contribution in [-0.4, -0.2) is 23.2 Å². The van der Waals surface area contributed by atoms with Crippen LogP contribution in [-0.2, 0) is 15.1 Å². The molecule has 0 unspecified atom stereocenters. The molecule has 0 rings (SSSR count). The van der Waals surface area contributed by atoms with E-state index in [2.05, 4.69) is 6.58 Å². The lowest BCUT2D eigenvalue weighted by Gasteiger charge is -2.15. The monoisotopic (exact) mass is 193 g/mol. The summed E-state index contributed by atoms with van der Waals surface area (Å²) in [6.45, 7) is 6.13. The van der Waals surface area contributed by atoms with Crippen LogP contribution in [0.4, 0.5) is 0 Å². The number of rotatable bonds is 3. The number of hydrogen-bond donors (Lipinski definition) is 1. The maximum absolute atomic E-state index is 11.0. The minimum Gasteiger partial charge on any atom is -0.273 e. The molecule has 70 valence electrons. The molecule has 0 aromatic carbocycles. The number of carbonyl (C=O) groups excluding carboxylic acids is 1. The fourth-order valence-electron chi connectivity index (χ4n) is 0.552. The minimum absolute atomic E-state index is 0.206. The van der Waals surface area contributed by atoms with Gasteiger partial charge in [0.25, 0.3) is 0 Å². The molecule has 12 heavy (non-hydrogen) atoms. The maximum Gasteiger partial charge on any atom is 0.366 e. The number of nitrogens with zero attached hydrogens (tertiary/aromatic N) is 1. The zero-order chi connectivity index (χ0) is 9.94. The smallest absolute Gasteiger partial charge is 0.273 e. The molecule has 0 bridgehead atoms. The van der Waals surface area contributed by atoms with Gasteiger partial charge in [0.05, 0.1) is 0 Å². The summed E-state index contributed by atoms with van der Waals surface area (Å²) in [6.07, 6.45) is 0.762. The summed E-state index contributed by atoms with van der Waals surface area (Å²) >= 11 is 0. The molecule has 0 aromatic rings. The predicted molar refractivity (Wildman–Crippen MR) is 43.4 cm³/mol. The first-order valence-corrected chi connectivity index (χ1v) is 4.63. The molecule has 0 aliphatic rings. The van der Waals surface area contributed by atoms with Gasteiger partial charge in [0.15, 0.2) is 0 Å². The predicted octanol–water partition coefficient (Wildman–Crippen LogP) is 0.417. The van der Waals surface area contributed by atoms with Crippen LogP contribution >= 0.6 is 0 Å². The van der Waals surface area contributed by atoms with Crippen LogP contribution in [0.25, 0.3) is 0 Å². The Morgan fingerprint density at radius 3 is 2.08 bits per heavy atom. The largest absolute Gasteiger partial charge is 0.366 e. The lowest BCUT2D eigenvalue weighted by Crippen LogP contribution is -2.34. The molecule has 0 heterocycles. The molecule has 6 heteroatoms. The van der Waals surface area contributed by atoms with E-state index in [0.29, 0.717) is 0 Å². The molecule has 0 aromatic heterocycles. The first-order valence-electron chi connectivity index (χ1n) is 3.24. The summed E-state index contributed by atoms with van der Waals surface area (Å²) in [5, 5.41) is 0. The van der Waals surface area contributed by atoms with Gasteiger partial charge in [0.2, 0.25) is 5.91 Å². The Labute approximate surface area is 71.6 Å². The van der Waals surface area contributed by atoms with Crippen LogP contribution < -0.4 is 0 Å². The van der Waals surface area contributed by atoms with Crippen molar-refractivity contribution >= 4 is 16.2 Å². The summed E-state index contributed by atoms with van der Waals surface area (Å²) in [5.74, 6) is -1.22. The van der Waals surface area contributed by atoms with E-state index in [1.807, 2.05) is 0 Å². The van der Waals surface area contributed by atoms with Gasteiger partial charge in [0, 0.05) is 12.1 Å². The molecule has 5 nitrogen and oxygen atoms in total. The van der Waals surface area contributed by atoms with E-state index in [-0.39, 0.29) is 4.31 Å². The Bertz CT molecular complexity index is 280. The topological polar surface area (TPSA) is 74.7 Å². The van der Waals surface area contributed by atoms with Crippen molar-refractivity contribution in [3.63, 3.8) is 0 Å². The summed E-state index contributed by atoms with van der Waals surface area (Å²) in [5.41, 5.74) is 0. The van der Waals surface area contributed by atoms with Crippen LogP contribution in [0, 0.1) is 5.92 Å². The van der Waals surface area contributed by atoms with Crippen molar-refractivity contribution in [1.29, 1.82) is 0 Å². The van der Waals surface area contributed by atoms with E-state index < -0.39 is 22.1 Å². The highest BCUT2D eigenvalue weighted by Crippen LogP contribution is 2.05. The first-order chi connectivity index (χ1) is 5.30. The molecule has 0 aliphatic heterocycles. The van der Waals surface area contributed by atoms with Crippen LogP contribution in [0.5, 0.6) is 0 Å². The zero-order valence-electron chi connectivity index (χ0n) is 6.89. The van der Waals surface area contributed by atoms with Crippen molar-refractivity contribution in [2.75, 3.05) is 0 Å². The molecule has 1 amide bonds. The Kier molecular flexibility index (Phi) is 3.41. The minimum atomic E-state index is -4.49. The number of hydrogen-bond acceptors (Lipinski definition) is 3. The summed E-state index contributed by atoms with van der Waals surface area (Å²) in [4.78, 5) is 11.0. The third-order valence-electron chi connectivity index (χ3n) is 1.13. The first kappa shape index (κ1) is 11.1. The molecule has 0 saturated heterocycles. The van der Waals surface area contributed by atoms with Gasteiger partial charge >= 0.3 is 10.3 Å². The molecule has 0 spiro atoms. The van der Waals surface area contributed by atoms with Gasteiger partial charge in [-0.2, -0.15) is 12.7 Å². The average molecular weight is 193 g/mol. The maximum atomic E-state index is 11.0. The Hall–Kier alpha value is -0.880. The SMILES string of the molecule is C=CN(C(=O)C(C)C)S(=O)(=O)O. The lowest BCUT2D eigenvalue weighted by molar-refractivity contribution is -0.128. The fraction of sp³-hybridized carbons (Fsp3) is 0.500. The van der Waals surface area contributed by atoms with E-state index in [9.17, 15) is 13.2 Å². The second-order valence-corrected chi connectivity index (χ2v) is 3.74. The highest BCUT2D eigenvalue weighted by Gasteiger charge is 2.24. The fourth-order valence-corrected chi connectivity index (χ4v) is 1.18. The van der Waals surface area contributed by atoms with E-state index in [1.54, 1.807) is 0 Å². The second-order valence-electron chi connectivity index (χ2n) is 2.45. The van der Waals surface area contributed by atoms with Crippen molar-refractivity contribution in [2.24, 2.45) is 5.92 Å². The Morgan fingerprint density at radius 2 is 2.00 bits per heavy atom. The van der Waals surface area contributed by atoms with Crippen LogP contribution in [0.15, 0.2) is 12.8 Å². The van der Waals surface area contributed by atoms with Crippen molar-refractivity contribution in [2.45, 2.75) is 13.8 Å². The van der Waals surface area contributed by atoms with Crippen LogP contribution in [0.3, 0.4) is 0 Å². The van der Waals surface area contributed by atoms with Gasteiger partial charge in [-0.1, -0.05) is 20.4 Å². The van der Waals surface area contributed by atoms with Gasteiger partial charge in [0.1, 0.15) is 0 Å². The molecular formula is C6H11NO4S. The van der Waals surface area contributed by atoms with E-state index >= 15 is 0 Å². The standard InChI is InChI=1S/C6H11NO4S/c1-4-7(12(9,10)11)6(8)5(2)3/h4-5H,1H2,2-3H3,(H,9,10,11). The van der Waals surface area contributed by atoms with Crippen molar-refractivity contribution < 1.29 is 17.8 Å². The van der Waals surface area contributed by atoms with E-state index in [0.717, 1.165) is 6.20 Å². The Morgan fingerprint density at radius 1 is 1.58 bits per heavy atom. The highest BCUT2D eigenvalue weighted by molar-refractivity contribution is 7.84. The Balaban J connectivity index is 4.83.